The highest BCUT2D eigenvalue weighted by Crippen LogP contribution is 2.27. The van der Waals surface area contributed by atoms with Crippen LogP contribution in [0.5, 0.6) is 0 Å². The number of amides is 1. The zero-order chi connectivity index (χ0) is 17.1. The van der Waals surface area contributed by atoms with Gasteiger partial charge in [0.25, 0.3) is 5.91 Å². The van der Waals surface area contributed by atoms with Crippen LogP contribution in [0.1, 0.15) is 28.9 Å². The topological polar surface area (TPSA) is 68.5 Å². The van der Waals surface area contributed by atoms with Gasteiger partial charge in [-0.1, -0.05) is 0 Å². The molecule has 0 aliphatic carbocycles. The lowest BCUT2D eigenvalue weighted by Crippen LogP contribution is -2.41. The number of likely N-dealkylation sites (tertiary alicyclic amines) is 1. The van der Waals surface area contributed by atoms with Crippen molar-refractivity contribution in [2.45, 2.75) is 30.9 Å². The lowest BCUT2D eigenvalue weighted by atomic mass is 10.1. The van der Waals surface area contributed by atoms with Crippen molar-refractivity contribution in [1.82, 2.24) is 14.9 Å². The molecule has 1 saturated heterocycles. The molecule has 0 atom stereocenters. The lowest BCUT2D eigenvalue weighted by molar-refractivity contribution is 0.0348. The number of nitrogens with zero attached hydrogens (tertiary/aromatic N) is 3. The minimum absolute atomic E-state index is 0.00241. The average Bonchev–Trinajstić information content (AvgIpc) is 3.15. The molecular weight excluding hydrogens is 326 g/mol. The van der Waals surface area contributed by atoms with Gasteiger partial charge in [-0.3, -0.25) is 4.79 Å². The summed E-state index contributed by atoms with van der Waals surface area (Å²) in [4.78, 5) is 23.8. The molecule has 24 heavy (non-hydrogen) atoms. The Bertz CT molecular complexity index is 710. The highest BCUT2D eigenvalue weighted by Gasteiger charge is 2.27. The second-order valence-corrected chi connectivity index (χ2v) is 6.52. The molecule has 3 rings (SSSR count). The molecule has 0 N–H and O–H groups in total. The molecule has 0 radical (unpaired) electrons. The van der Waals surface area contributed by atoms with E-state index >= 15 is 0 Å². The van der Waals surface area contributed by atoms with Crippen LogP contribution in [0.4, 0.5) is 0 Å². The second kappa shape index (κ2) is 7.36. The van der Waals surface area contributed by atoms with Crippen molar-refractivity contribution < 1.29 is 13.9 Å². The Balaban J connectivity index is 1.89. The molecule has 0 bridgehead atoms. The van der Waals surface area contributed by atoms with E-state index < -0.39 is 0 Å². The molecule has 3 heterocycles. The van der Waals surface area contributed by atoms with E-state index in [-0.39, 0.29) is 12.0 Å². The fraction of sp³-hybridized carbons (Fsp3) is 0.471. The summed E-state index contributed by atoms with van der Waals surface area (Å²) in [5.74, 6) is 1.11. The smallest absolute Gasteiger partial charge is 0.258 e. The van der Waals surface area contributed by atoms with Crippen molar-refractivity contribution in [2.75, 3.05) is 26.5 Å². The van der Waals surface area contributed by atoms with E-state index in [1.165, 1.54) is 11.8 Å². The molecule has 1 fully saturated rings. The Morgan fingerprint density at radius 2 is 2.12 bits per heavy atom. The maximum absolute atomic E-state index is 13.0. The number of carbonyl (C=O) groups excluding carboxylic acids is 1. The quantitative estimate of drug-likeness (QED) is 0.625. The maximum Gasteiger partial charge on any atom is 0.258 e. The number of hydrogen-bond donors (Lipinski definition) is 0. The van der Waals surface area contributed by atoms with Gasteiger partial charge in [0.05, 0.1) is 23.6 Å². The zero-order valence-electron chi connectivity index (χ0n) is 14.1. The standard InChI is InChI=1S/C17H21N3O3S/c1-11-14(17(21)20-8-6-12(22-2)7-9-20)16(24-3)19-15(18-11)13-5-4-10-23-13/h4-5,10,12H,6-9H2,1-3H3. The molecule has 7 heteroatoms. The summed E-state index contributed by atoms with van der Waals surface area (Å²) in [5.41, 5.74) is 1.27. The second-order valence-electron chi connectivity index (χ2n) is 5.72. The molecule has 1 aliphatic rings. The van der Waals surface area contributed by atoms with Crippen LogP contribution in [0.2, 0.25) is 0 Å². The van der Waals surface area contributed by atoms with Crippen LogP contribution in [-0.2, 0) is 4.74 Å². The third kappa shape index (κ3) is 3.32. The van der Waals surface area contributed by atoms with Crippen molar-refractivity contribution in [3.05, 3.63) is 29.7 Å². The highest BCUT2D eigenvalue weighted by atomic mass is 32.2. The fourth-order valence-electron chi connectivity index (χ4n) is 2.91. The normalized spacial score (nSPS) is 15.7. The fourth-order valence-corrected chi connectivity index (χ4v) is 3.53. The van der Waals surface area contributed by atoms with E-state index in [4.69, 9.17) is 9.15 Å². The minimum atomic E-state index is -0.00241. The van der Waals surface area contributed by atoms with Crippen LogP contribution in [0.3, 0.4) is 0 Å². The van der Waals surface area contributed by atoms with E-state index in [9.17, 15) is 4.79 Å². The number of ether oxygens (including phenoxy) is 1. The summed E-state index contributed by atoms with van der Waals surface area (Å²) in [6.45, 7) is 3.25. The number of aromatic nitrogens is 2. The van der Waals surface area contributed by atoms with Gasteiger partial charge in [0.1, 0.15) is 5.03 Å². The molecule has 2 aromatic rings. The van der Waals surface area contributed by atoms with Gasteiger partial charge in [0, 0.05) is 20.2 Å². The lowest BCUT2D eigenvalue weighted by Gasteiger charge is -2.31. The largest absolute Gasteiger partial charge is 0.461 e. The number of piperidine rings is 1. The first-order chi connectivity index (χ1) is 11.6. The van der Waals surface area contributed by atoms with Gasteiger partial charge >= 0.3 is 0 Å². The predicted octanol–water partition coefficient (Wildman–Crippen LogP) is 3.02. The Hall–Kier alpha value is -1.86. The van der Waals surface area contributed by atoms with Gasteiger partial charge in [0.15, 0.2) is 11.6 Å². The Morgan fingerprint density at radius 1 is 1.38 bits per heavy atom. The van der Waals surface area contributed by atoms with Gasteiger partial charge in [-0.15, -0.1) is 11.8 Å². The number of methoxy groups -OCH3 is 1. The van der Waals surface area contributed by atoms with Gasteiger partial charge in [-0.2, -0.15) is 0 Å². The first kappa shape index (κ1) is 17.0. The van der Waals surface area contributed by atoms with E-state index in [2.05, 4.69) is 9.97 Å². The molecule has 2 aromatic heterocycles. The summed E-state index contributed by atoms with van der Waals surface area (Å²) in [7, 11) is 1.72. The Kier molecular flexibility index (Phi) is 5.20. The van der Waals surface area contributed by atoms with Crippen LogP contribution in [0.25, 0.3) is 11.6 Å². The first-order valence-corrected chi connectivity index (χ1v) is 9.15. The Labute approximate surface area is 145 Å². The van der Waals surface area contributed by atoms with Crippen molar-refractivity contribution >= 4 is 17.7 Å². The summed E-state index contributed by atoms with van der Waals surface area (Å²) in [6, 6.07) is 3.61. The number of carbonyl (C=O) groups is 1. The summed E-state index contributed by atoms with van der Waals surface area (Å²) in [5, 5.41) is 0.688. The van der Waals surface area contributed by atoms with Crippen LogP contribution in [-0.4, -0.2) is 53.3 Å². The monoisotopic (exact) mass is 347 g/mol. The van der Waals surface area contributed by atoms with Crippen LogP contribution in [0, 0.1) is 6.92 Å². The van der Waals surface area contributed by atoms with Crippen molar-refractivity contribution in [2.24, 2.45) is 0 Å². The highest BCUT2D eigenvalue weighted by molar-refractivity contribution is 7.98. The maximum atomic E-state index is 13.0. The first-order valence-electron chi connectivity index (χ1n) is 7.92. The van der Waals surface area contributed by atoms with E-state index in [1.807, 2.05) is 24.1 Å². The van der Waals surface area contributed by atoms with Gasteiger partial charge in [-0.05, 0) is 38.2 Å². The SMILES string of the molecule is COC1CCN(C(=O)c2c(C)nc(-c3ccco3)nc2SC)CC1. The molecule has 6 nitrogen and oxygen atoms in total. The van der Waals surface area contributed by atoms with E-state index in [0.717, 1.165) is 12.8 Å². The average molecular weight is 347 g/mol. The van der Waals surface area contributed by atoms with Gasteiger partial charge in [-0.25, -0.2) is 9.97 Å². The van der Waals surface area contributed by atoms with Crippen LogP contribution >= 0.6 is 11.8 Å². The molecular formula is C17H21N3O3S. The summed E-state index contributed by atoms with van der Waals surface area (Å²) < 4.78 is 10.7. The molecule has 0 spiro atoms. The third-order valence-corrected chi connectivity index (χ3v) is 4.95. The molecule has 0 unspecified atom stereocenters. The van der Waals surface area contributed by atoms with Crippen LogP contribution < -0.4 is 0 Å². The van der Waals surface area contributed by atoms with Crippen LogP contribution in [0.15, 0.2) is 27.8 Å². The number of hydrogen-bond acceptors (Lipinski definition) is 6. The molecule has 128 valence electrons. The Morgan fingerprint density at radius 3 is 2.71 bits per heavy atom. The number of thioether (sulfide) groups is 1. The van der Waals surface area contributed by atoms with Gasteiger partial charge < -0.3 is 14.1 Å². The van der Waals surface area contributed by atoms with Crippen molar-refractivity contribution in [1.29, 1.82) is 0 Å². The zero-order valence-corrected chi connectivity index (χ0v) is 14.9. The van der Waals surface area contributed by atoms with Gasteiger partial charge in [0.2, 0.25) is 0 Å². The summed E-state index contributed by atoms with van der Waals surface area (Å²) in [6.07, 6.45) is 5.48. The number of furan rings is 1. The number of aryl methyl sites for hydroxylation is 1. The van der Waals surface area contributed by atoms with E-state index in [0.29, 0.717) is 41.0 Å². The molecule has 1 amide bonds. The molecule has 0 saturated carbocycles. The predicted molar refractivity (Wildman–Crippen MR) is 92.2 cm³/mol. The van der Waals surface area contributed by atoms with Crippen molar-refractivity contribution in [3.63, 3.8) is 0 Å². The third-order valence-electron chi connectivity index (χ3n) is 4.27. The van der Waals surface area contributed by atoms with E-state index in [1.54, 1.807) is 19.4 Å². The number of rotatable bonds is 4. The summed E-state index contributed by atoms with van der Waals surface area (Å²) >= 11 is 1.45. The van der Waals surface area contributed by atoms with Crippen molar-refractivity contribution in [3.8, 4) is 11.6 Å². The molecule has 0 aromatic carbocycles. The molecule has 1 aliphatic heterocycles. The minimum Gasteiger partial charge on any atom is -0.461 e.